The highest BCUT2D eigenvalue weighted by Crippen LogP contribution is 2.22. The number of rotatable bonds is 9. The molecule has 4 amide bonds. The summed E-state index contributed by atoms with van der Waals surface area (Å²) in [6.07, 6.45) is 1.50. The summed E-state index contributed by atoms with van der Waals surface area (Å²) < 4.78 is 0. The van der Waals surface area contributed by atoms with Crippen molar-refractivity contribution in [2.24, 2.45) is 11.3 Å². The van der Waals surface area contributed by atoms with Crippen molar-refractivity contribution in [2.75, 3.05) is 18.5 Å². The predicted molar refractivity (Wildman–Crippen MR) is 130 cm³/mol. The highest BCUT2D eigenvalue weighted by Gasteiger charge is 2.34. The number of anilines is 1. The molecule has 3 atom stereocenters. The molecule has 0 aromatic heterocycles. The van der Waals surface area contributed by atoms with E-state index in [2.05, 4.69) is 21.3 Å². The minimum absolute atomic E-state index is 0.0302. The van der Waals surface area contributed by atoms with Crippen LogP contribution in [0.3, 0.4) is 0 Å². The van der Waals surface area contributed by atoms with E-state index < -0.39 is 53.5 Å². The standard InChI is InChI=1S/C24H33ClN4O6/c1-24(2,3)12-18(29-23(35)22(34)27-16-8-4-7-15(25)11-16)21(33)28-17(19(31)13-30)10-14-6-5-9-26-20(14)32/h4,7-8,11,14,17-18,30H,5-6,9-10,12-13H2,1-3H3,(H,26,32)(H,27,34)(H,28,33)(H,29,35)/t14?,17-,18-/m0/s1. The van der Waals surface area contributed by atoms with E-state index in [1.807, 2.05) is 20.8 Å². The van der Waals surface area contributed by atoms with Gasteiger partial charge in [-0.1, -0.05) is 38.4 Å². The molecule has 1 aromatic rings. The minimum atomic E-state index is -1.14. The molecule has 0 spiro atoms. The first-order chi connectivity index (χ1) is 16.4. The van der Waals surface area contributed by atoms with E-state index in [9.17, 15) is 29.1 Å². The summed E-state index contributed by atoms with van der Waals surface area (Å²) in [5.41, 5.74) is -0.104. The number of ketones is 1. The Kier molecular flexibility index (Phi) is 10.2. The summed E-state index contributed by atoms with van der Waals surface area (Å²) >= 11 is 5.90. The van der Waals surface area contributed by atoms with Gasteiger partial charge in [0.1, 0.15) is 12.6 Å². The van der Waals surface area contributed by atoms with Gasteiger partial charge in [0.25, 0.3) is 0 Å². The molecule has 1 aromatic carbocycles. The lowest BCUT2D eigenvalue weighted by molar-refractivity contribution is -0.139. The highest BCUT2D eigenvalue weighted by atomic mass is 35.5. The molecule has 0 bridgehead atoms. The van der Waals surface area contributed by atoms with Gasteiger partial charge in [-0.2, -0.15) is 0 Å². The maximum atomic E-state index is 13.1. The molecule has 10 nitrogen and oxygen atoms in total. The van der Waals surface area contributed by atoms with Crippen molar-refractivity contribution in [3.05, 3.63) is 29.3 Å². The molecule has 1 heterocycles. The fourth-order valence-electron chi connectivity index (χ4n) is 3.80. The Balaban J connectivity index is 2.12. The molecule has 0 saturated carbocycles. The van der Waals surface area contributed by atoms with Gasteiger partial charge in [0.15, 0.2) is 5.78 Å². The molecule has 192 valence electrons. The molecule has 1 saturated heterocycles. The first-order valence-electron chi connectivity index (χ1n) is 11.5. The van der Waals surface area contributed by atoms with Gasteiger partial charge < -0.3 is 26.4 Å². The molecule has 1 fully saturated rings. The molecule has 0 radical (unpaired) electrons. The van der Waals surface area contributed by atoms with Crippen LogP contribution in [0.15, 0.2) is 24.3 Å². The lowest BCUT2D eigenvalue weighted by Crippen LogP contribution is -2.55. The normalized spacial score (nSPS) is 17.5. The van der Waals surface area contributed by atoms with Crippen molar-refractivity contribution in [1.29, 1.82) is 0 Å². The van der Waals surface area contributed by atoms with E-state index in [4.69, 9.17) is 11.6 Å². The Bertz CT molecular complexity index is 962. The van der Waals surface area contributed by atoms with Gasteiger partial charge >= 0.3 is 11.8 Å². The van der Waals surface area contributed by atoms with Crippen LogP contribution in [0.4, 0.5) is 5.69 Å². The van der Waals surface area contributed by atoms with E-state index in [1.54, 1.807) is 18.2 Å². The van der Waals surface area contributed by atoms with E-state index in [1.165, 1.54) is 6.07 Å². The van der Waals surface area contributed by atoms with E-state index in [0.29, 0.717) is 23.7 Å². The molecule has 11 heteroatoms. The smallest absolute Gasteiger partial charge is 0.313 e. The Morgan fingerprint density at radius 3 is 2.46 bits per heavy atom. The second-order valence-corrected chi connectivity index (χ2v) is 10.2. The topological polar surface area (TPSA) is 154 Å². The van der Waals surface area contributed by atoms with Gasteiger partial charge in [-0.25, -0.2) is 0 Å². The molecular formula is C24H33ClN4O6. The lowest BCUT2D eigenvalue weighted by atomic mass is 9.87. The number of carbonyl (C=O) groups is 5. The number of hydrogen-bond donors (Lipinski definition) is 5. The number of benzene rings is 1. The second kappa shape index (κ2) is 12.6. The van der Waals surface area contributed by atoms with Crippen molar-refractivity contribution in [2.45, 2.75) is 58.5 Å². The average molecular weight is 509 g/mol. The molecule has 1 aliphatic heterocycles. The molecule has 0 aliphatic carbocycles. The zero-order chi connectivity index (χ0) is 26.2. The molecule has 5 N–H and O–H groups in total. The van der Waals surface area contributed by atoms with Crippen LogP contribution in [-0.4, -0.2) is 59.8 Å². The summed E-state index contributed by atoms with van der Waals surface area (Å²) in [7, 11) is 0. The van der Waals surface area contributed by atoms with E-state index in [0.717, 1.165) is 6.42 Å². The van der Waals surface area contributed by atoms with Crippen LogP contribution in [0.5, 0.6) is 0 Å². The van der Waals surface area contributed by atoms with Crippen LogP contribution in [-0.2, 0) is 24.0 Å². The van der Waals surface area contributed by atoms with Crippen LogP contribution in [0.2, 0.25) is 5.02 Å². The fraction of sp³-hybridized carbons (Fsp3) is 0.542. The molecule has 1 unspecified atom stereocenters. The van der Waals surface area contributed by atoms with Crippen molar-refractivity contribution in [1.82, 2.24) is 16.0 Å². The maximum Gasteiger partial charge on any atom is 0.313 e. The van der Waals surface area contributed by atoms with Gasteiger partial charge in [0.05, 0.1) is 6.04 Å². The fourth-order valence-corrected chi connectivity index (χ4v) is 3.99. The molecule has 35 heavy (non-hydrogen) atoms. The van der Waals surface area contributed by atoms with Crippen LogP contribution < -0.4 is 21.3 Å². The summed E-state index contributed by atoms with van der Waals surface area (Å²) in [4.78, 5) is 62.6. The van der Waals surface area contributed by atoms with E-state index >= 15 is 0 Å². The summed E-state index contributed by atoms with van der Waals surface area (Å²) in [5.74, 6) is -4.04. The predicted octanol–water partition coefficient (Wildman–Crippen LogP) is 1.16. The van der Waals surface area contributed by atoms with Crippen LogP contribution in [0, 0.1) is 11.3 Å². The van der Waals surface area contributed by atoms with Crippen molar-refractivity contribution in [3.8, 4) is 0 Å². The summed E-state index contributed by atoms with van der Waals surface area (Å²) in [6, 6.07) is 4.00. The number of hydrogen-bond acceptors (Lipinski definition) is 6. The Morgan fingerprint density at radius 2 is 1.86 bits per heavy atom. The molecule has 2 rings (SSSR count). The first kappa shape index (κ1) is 28.3. The van der Waals surface area contributed by atoms with Crippen LogP contribution >= 0.6 is 11.6 Å². The number of halogens is 1. The zero-order valence-electron chi connectivity index (χ0n) is 20.2. The van der Waals surface area contributed by atoms with Crippen LogP contribution in [0.1, 0.15) is 46.5 Å². The third-order valence-electron chi connectivity index (χ3n) is 5.51. The monoisotopic (exact) mass is 508 g/mol. The third-order valence-corrected chi connectivity index (χ3v) is 5.74. The number of carbonyl (C=O) groups excluding carboxylic acids is 5. The minimum Gasteiger partial charge on any atom is -0.389 e. The summed E-state index contributed by atoms with van der Waals surface area (Å²) in [6.45, 7) is 5.31. The zero-order valence-corrected chi connectivity index (χ0v) is 20.9. The molecular weight excluding hydrogens is 476 g/mol. The third kappa shape index (κ3) is 9.29. The largest absolute Gasteiger partial charge is 0.389 e. The maximum absolute atomic E-state index is 13.1. The number of piperidine rings is 1. The van der Waals surface area contributed by atoms with Crippen LogP contribution in [0.25, 0.3) is 0 Å². The lowest BCUT2D eigenvalue weighted by Gasteiger charge is -2.29. The second-order valence-electron chi connectivity index (χ2n) is 9.81. The molecule has 1 aliphatic rings. The van der Waals surface area contributed by atoms with Gasteiger partial charge in [0.2, 0.25) is 11.8 Å². The quantitative estimate of drug-likeness (QED) is 0.315. The number of aliphatic hydroxyl groups excluding tert-OH is 1. The Labute approximate surface area is 209 Å². The van der Waals surface area contributed by atoms with Crippen molar-refractivity contribution in [3.63, 3.8) is 0 Å². The van der Waals surface area contributed by atoms with Gasteiger partial charge in [-0.15, -0.1) is 0 Å². The van der Waals surface area contributed by atoms with Crippen molar-refractivity contribution >= 4 is 46.7 Å². The average Bonchev–Trinajstić information content (AvgIpc) is 2.78. The Hall–Kier alpha value is -2.98. The number of nitrogens with one attached hydrogen (secondary N) is 4. The SMILES string of the molecule is CC(C)(C)C[C@H](NC(=O)C(=O)Nc1cccc(Cl)c1)C(=O)N[C@@H](CC1CCCNC1=O)C(=O)CO. The number of amides is 4. The van der Waals surface area contributed by atoms with Crippen molar-refractivity contribution < 1.29 is 29.1 Å². The highest BCUT2D eigenvalue weighted by molar-refractivity contribution is 6.40. The first-order valence-corrected chi connectivity index (χ1v) is 11.9. The van der Waals surface area contributed by atoms with Gasteiger partial charge in [-0.3, -0.25) is 24.0 Å². The van der Waals surface area contributed by atoms with Gasteiger partial charge in [-0.05, 0) is 49.3 Å². The van der Waals surface area contributed by atoms with E-state index in [-0.39, 0.29) is 18.7 Å². The summed E-state index contributed by atoms with van der Waals surface area (Å²) in [5, 5.41) is 19.9. The number of aliphatic hydroxyl groups is 1. The number of Topliss-reactive ketones (excluding diaryl/α,β-unsaturated/α-hetero) is 1. The van der Waals surface area contributed by atoms with Gasteiger partial charge in [0, 0.05) is 23.2 Å². The Morgan fingerprint density at radius 1 is 1.14 bits per heavy atom.